The zero-order valence-electron chi connectivity index (χ0n) is 11.5. The Labute approximate surface area is 127 Å². The fourth-order valence-corrected chi connectivity index (χ4v) is 3.56. The van der Waals surface area contributed by atoms with Crippen LogP contribution in [-0.2, 0) is 0 Å². The third kappa shape index (κ3) is 2.89. The molecule has 2 aromatic rings. The van der Waals surface area contributed by atoms with Crippen molar-refractivity contribution in [3.05, 3.63) is 40.5 Å². The van der Waals surface area contributed by atoms with Crippen LogP contribution in [0.1, 0.15) is 29.5 Å². The minimum Gasteiger partial charge on any atom is -0.387 e. The molecular formula is C15H16N4OS. The van der Waals surface area contributed by atoms with Crippen LogP contribution in [0.5, 0.6) is 0 Å². The quantitative estimate of drug-likeness (QED) is 0.942. The first-order valence-electron chi connectivity index (χ1n) is 6.97. The smallest absolute Gasteiger partial charge is 0.183 e. The van der Waals surface area contributed by atoms with Crippen LogP contribution >= 0.6 is 11.3 Å². The van der Waals surface area contributed by atoms with Gasteiger partial charge in [0.1, 0.15) is 6.07 Å². The first-order valence-corrected chi connectivity index (χ1v) is 7.85. The maximum atomic E-state index is 10.4. The summed E-state index contributed by atoms with van der Waals surface area (Å²) in [5.74, 6) is 0.922. The van der Waals surface area contributed by atoms with Gasteiger partial charge in [-0.2, -0.15) is 5.26 Å². The molecule has 1 N–H and O–H groups in total. The molecule has 6 heteroatoms. The molecule has 1 aliphatic rings. The van der Waals surface area contributed by atoms with Crippen molar-refractivity contribution < 1.29 is 5.11 Å². The summed E-state index contributed by atoms with van der Waals surface area (Å²) >= 11 is 1.60. The molecule has 0 saturated carbocycles. The first-order chi connectivity index (χ1) is 10.3. The highest BCUT2D eigenvalue weighted by molar-refractivity contribution is 7.10. The van der Waals surface area contributed by atoms with Crippen molar-refractivity contribution in [1.29, 1.82) is 5.26 Å². The molecule has 1 fully saturated rings. The van der Waals surface area contributed by atoms with Crippen LogP contribution in [0.15, 0.2) is 29.9 Å². The molecular weight excluding hydrogens is 284 g/mol. The summed E-state index contributed by atoms with van der Waals surface area (Å²) in [6.07, 6.45) is 4.54. The number of anilines is 1. The Morgan fingerprint density at radius 1 is 1.33 bits per heavy atom. The number of thiophene rings is 1. The Hall–Kier alpha value is -1.97. The summed E-state index contributed by atoms with van der Waals surface area (Å²) < 4.78 is 0. The van der Waals surface area contributed by atoms with Gasteiger partial charge in [0.25, 0.3) is 0 Å². The molecule has 2 aromatic heterocycles. The van der Waals surface area contributed by atoms with Crippen LogP contribution in [-0.4, -0.2) is 28.2 Å². The molecule has 0 aliphatic carbocycles. The van der Waals surface area contributed by atoms with Crippen LogP contribution in [0.3, 0.4) is 0 Å². The molecule has 0 bridgehead atoms. The molecule has 1 aliphatic heterocycles. The largest absolute Gasteiger partial charge is 0.387 e. The second kappa shape index (κ2) is 6.20. The number of nitrogens with zero attached hydrogens (tertiary/aromatic N) is 4. The second-order valence-corrected chi connectivity index (χ2v) is 6.10. The summed E-state index contributed by atoms with van der Waals surface area (Å²) in [7, 11) is 0. The zero-order chi connectivity index (χ0) is 14.7. The molecule has 1 atom stereocenters. The molecule has 21 heavy (non-hydrogen) atoms. The predicted molar refractivity (Wildman–Crippen MR) is 81.0 cm³/mol. The number of hydrogen-bond acceptors (Lipinski definition) is 6. The van der Waals surface area contributed by atoms with Crippen LogP contribution in [0, 0.1) is 17.2 Å². The molecule has 3 rings (SSSR count). The van der Waals surface area contributed by atoms with Gasteiger partial charge < -0.3 is 10.0 Å². The maximum absolute atomic E-state index is 10.4. The van der Waals surface area contributed by atoms with E-state index in [4.69, 9.17) is 5.26 Å². The van der Waals surface area contributed by atoms with Gasteiger partial charge in [-0.05, 0) is 30.2 Å². The number of piperidine rings is 1. The van der Waals surface area contributed by atoms with Crippen LogP contribution in [0.25, 0.3) is 0 Å². The van der Waals surface area contributed by atoms with E-state index in [0.29, 0.717) is 11.5 Å². The van der Waals surface area contributed by atoms with E-state index in [1.54, 1.807) is 17.5 Å². The van der Waals surface area contributed by atoms with E-state index in [2.05, 4.69) is 20.9 Å². The number of hydrogen-bond donors (Lipinski definition) is 1. The van der Waals surface area contributed by atoms with Crippen molar-refractivity contribution in [3.8, 4) is 6.07 Å². The van der Waals surface area contributed by atoms with Gasteiger partial charge in [0.2, 0.25) is 0 Å². The van der Waals surface area contributed by atoms with Gasteiger partial charge in [0, 0.05) is 30.4 Å². The zero-order valence-corrected chi connectivity index (χ0v) is 12.3. The van der Waals surface area contributed by atoms with Crippen molar-refractivity contribution in [2.24, 2.45) is 5.92 Å². The molecule has 1 saturated heterocycles. The highest BCUT2D eigenvalue weighted by atomic mass is 32.1. The molecule has 0 unspecified atom stereocenters. The minimum absolute atomic E-state index is 0.266. The predicted octanol–water partition coefficient (Wildman–Crippen LogP) is 2.36. The van der Waals surface area contributed by atoms with Crippen molar-refractivity contribution >= 4 is 17.2 Å². The van der Waals surface area contributed by atoms with Gasteiger partial charge in [-0.25, -0.2) is 9.97 Å². The summed E-state index contributed by atoms with van der Waals surface area (Å²) in [4.78, 5) is 11.4. The topological polar surface area (TPSA) is 73.0 Å². The molecule has 0 radical (unpaired) electrons. The van der Waals surface area contributed by atoms with Crippen molar-refractivity contribution in [1.82, 2.24) is 9.97 Å². The van der Waals surface area contributed by atoms with Crippen molar-refractivity contribution in [2.45, 2.75) is 18.9 Å². The maximum Gasteiger partial charge on any atom is 0.183 e. The lowest BCUT2D eigenvalue weighted by Crippen LogP contribution is -2.36. The summed E-state index contributed by atoms with van der Waals surface area (Å²) in [6, 6.07) is 6.04. The Morgan fingerprint density at radius 2 is 2.10 bits per heavy atom. The monoisotopic (exact) mass is 300 g/mol. The fourth-order valence-electron chi connectivity index (χ4n) is 2.76. The fraction of sp³-hybridized carbons (Fsp3) is 0.400. The average molecular weight is 300 g/mol. The third-order valence-electron chi connectivity index (χ3n) is 3.91. The van der Waals surface area contributed by atoms with E-state index >= 15 is 0 Å². The van der Waals surface area contributed by atoms with E-state index in [1.165, 1.54) is 6.20 Å². The molecule has 0 aromatic carbocycles. The lowest BCUT2D eigenvalue weighted by molar-refractivity contribution is 0.0960. The highest BCUT2D eigenvalue weighted by Gasteiger charge is 2.28. The van der Waals surface area contributed by atoms with E-state index in [1.807, 2.05) is 17.5 Å². The SMILES string of the molecule is N#Cc1nccnc1N1CCC([C@@H](O)c2cccs2)CC1. The van der Waals surface area contributed by atoms with Crippen LogP contribution in [0.4, 0.5) is 5.82 Å². The Balaban J connectivity index is 1.67. The Morgan fingerprint density at radius 3 is 2.76 bits per heavy atom. The van der Waals surface area contributed by atoms with E-state index in [9.17, 15) is 5.11 Å². The average Bonchev–Trinajstić information content (AvgIpc) is 3.09. The normalized spacial score (nSPS) is 17.4. The minimum atomic E-state index is -0.385. The van der Waals surface area contributed by atoms with E-state index in [-0.39, 0.29) is 12.0 Å². The number of rotatable bonds is 3. The lowest BCUT2D eigenvalue weighted by atomic mass is 9.90. The van der Waals surface area contributed by atoms with Crippen LogP contribution < -0.4 is 4.90 Å². The number of aromatic nitrogens is 2. The Bertz CT molecular complexity index is 629. The molecule has 0 amide bonds. The van der Waals surface area contributed by atoms with Gasteiger partial charge in [-0.3, -0.25) is 0 Å². The summed E-state index contributed by atoms with van der Waals surface area (Å²) in [5, 5.41) is 21.5. The lowest BCUT2D eigenvalue weighted by Gasteiger charge is -2.34. The van der Waals surface area contributed by atoms with Crippen molar-refractivity contribution in [3.63, 3.8) is 0 Å². The van der Waals surface area contributed by atoms with Gasteiger partial charge >= 0.3 is 0 Å². The Kier molecular flexibility index (Phi) is 4.13. The molecule has 108 valence electrons. The van der Waals surface area contributed by atoms with Crippen LogP contribution in [0.2, 0.25) is 0 Å². The van der Waals surface area contributed by atoms with Gasteiger partial charge in [0.05, 0.1) is 6.10 Å². The summed E-state index contributed by atoms with van der Waals surface area (Å²) in [6.45, 7) is 1.58. The highest BCUT2D eigenvalue weighted by Crippen LogP contribution is 2.34. The first kappa shape index (κ1) is 14.0. The van der Waals surface area contributed by atoms with E-state index in [0.717, 1.165) is 30.8 Å². The second-order valence-electron chi connectivity index (χ2n) is 5.13. The van der Waals surface area contributed by atoms with E-state index < -0.39 is 0 Å². The van der Waals surface area contributed by atoms with Crippen molar-refractivity contribution in [2.75, 3.05) is 18.0 Å². The molecule has 3 heterocycles. The number of nitriles is 1. The third-order valence-corrected chi connectivity index (χ3v) is 4.85. The summed E-state index contributed by atoms with van der Waals surface area (Å²) in [5.41, 5.74) is 0.370. The molecule has 0 spiro atoms. The number of aliphatic hydroxyl groups is 1. The number of aliphatic hydroxyl groups excluding tert-OH is 1. The standard InChI is InChI=1S/C15H16N4OS/c16-10-12-15(18-6-5-17-12)19-7-3-11(4-8-19)14(20)13-2-1-9-21-13/h1-2,5-6,9,11,14,20H,3-4,7-8H2/t14-/m1/s1. The van der Waals surface area contributed by atoms with Gasteiger partial charge in [-0.1, -0.05) is 6.07 Å². The molecule has 5 nitrogen and oxygen atoms in total. The van der Waals surface area contributed by atoms with Gasteiger partial charge in [-0.15, -0.1) is 11.3 Å². The van der Waals surface area contributed by atoms with Gasteiger partial charge in [0.15, 0.2) is 11.5 Å².